The highest BCUT2D eigenvalue weighted by Crippen LogP contribution is 2.39. The van der Waals surface area contributed by atoms with Crippen LogP contribution in [0.1, 0.15) is 10.4 Å². The molecule has 78 valence electrons. The molecule has 0 bridgehead atoms. The fraction of sp³-hybridized carbons (Fsp3) is 0. The zero-order valence-electron chi connectivity index (χ0n) is 7.07. The lowest BCUT2D eigenvalue weighted by Crippen LogP contribution is -1.80. The molecule has 0 unspecified atom stereocenters. The molecule has 1 N–H and O–H groups in total. The summed E-state index contributed by atoms with van der Waals surface area (Å²) in [6.07, 6.45) is 0.611. The molecule has 1 aromatic heterocycles. The Morgan fingerprint density at radius 2 is 1.80 bits per heavy atom. The van der Waals surface area contributed by atoms with Gasteiger partial charge in [0, 0.05) is 5.39 Å². The molecule has 0 saturated heterocycles. The van der Waals surface area contributed by atoms with Crippen LogP contribution in [0.5, 0.6) is 0 Å². The number of carbonyl (C=O) groups is 1. The van der Waals surface area contributed by atoms with Crippen molar-refractivity contribution >= 4 is 63.6 Å². The van der Waals surface area contributed by atoms with Crippen LogP contribution >= 0.6 is 46.4 Å². The first-order valence-electron chi connectivity index (χ1n) is 3.86. The van der Waals surface area contributed by atoms with Crippen molar-refractivity contribution in [1.82, 2.24) is 4.98 Å². The van der Waals surface area contributed by atoms with Gasteiger partial charge in [0.05, 0.1) is 26.1 Å². The van der Waals surface area contributed by atoms with Gasteiger partial charge in [-0.1, -0.05) is 46.4 Å². The Labute approximate surface area is 105 Å². The van der Waals surface area contributed by atoms with Crippen molar-refractivity contribution in [1.29, 1.82) is 0 Å². The molecule has 2 rings (SSSR count). The quantitative estimate of drug-likeness (QED) is 0.602. The molecule has 0 atom stereocenters. The fourth-order valence-corrected chi connectivity index (χ4v) is 2.36. The van der Waals surface area contributed by atoms with Gasteiger partial charge in [-0.05, 0) is 6.07 Å². The van der Waals surface area contributed by atoms with Gasteiger partial charge in [-0.3, -0.25) is 4.79 Å². The molecule has 0 amide bonds. The van der Waals surface area contributed by atoms with Crippen LogP contribution in [0.25, 0.3) is 10.9 Å². The van der Waals surface area contributed by atoms with Crippen LogP contribution in [-0.2, 0) is 0 Å². The number of benzene rings is 1. The largest absolute Gasteiger partial charge is 0.344 e. The summed E-state index contributed by atoms with van der Waals surface area (Å²) in [5, 5.41) is 1.57. The Balaban J connectivity index is 3.04. The first-order chi connectivity index (χ1) is 7.06. The number of carbonyl (C=O) groups excluding carboxylic acids is 1. The maximum Gasteiger partial charge on any atom is 0.153 e. The molecule has 0 aliphatic carbocycles. The maximum absolute atomic E-state index is 10.8. The summed E-state index contributed by atoms with van der Waals surface area (Å²) in [4.78, 5) is 13.6. The highest BCUT2D eigenvalue weighted by atomic mass is 35.5. The lowest BCUT2D eigenvalue weighted by molar-refractivity contribution is 0.112. The Hall–Kier alpha value is -0.410. The van der Waals surface area contributed by atoms with Crippen LogP contribution in [0.2, 0.25) is 20.2 Å². The predicted molar refractivity (Wildman–Crippen MR) is 63.7 cm³/mol. The Morgan fingerprint density at radius 3 is 2.40 bits per heavy atom. The van der Waals surface area contributed by atoms with Gasteiger partial charge in [0.1, 0.15) is 5.15 Å². The first-order valence-corrected chi connectivity index (χ1v) is 5.37. The number of hydrogen-bond donors (Lipinski definition) is 1. The van der Waals surface area contributed by atoms with Gasteiger partial charge in [-0.2, -0.15) is 0 Å². The SMILES string of the molecule is O=Cc1c(Cl)[nH]c2c(Cl)cc(Cl)c(Cl)c12. The number of aldehydes is 1. The topological polar surface area (TPSA) is 32.9 Å². The average Bonchev–Trinajstić information content (AvgIpc) is 2.52. The second kappa shape index (κ2) is 3.87. The Kier molecular flexibility index (Phi) is 2.86. The number of aromatic nitrogens is 1. The molecule has 2 aromatic rings. The number of rotatable bonds is 1. The van der Waals surface area contributed by atoms with E-state index in [0.29, 0.717) is 22.2 Å². The minimum Gasteiger partial charge on any atom is -0.344 e. The second-order valence-electron chi connectivity index (χ2n) is 2.87. The van der Waals surface area contributed by atoms with E-state index in [1.54, 1.807) is 0 Å². The molecular formula is C9H3Cl4NO. The van der Waals surface area contributed by atoms with E-state index < -0.39 is 0 Å². The number of fused-ring (bicyclic) bond motifs is 1. The van der Waals surface area contributed by atoms with Crippen molar-refractivity contribution in [3.63, 3.8) is 0 Å². The van der Waals surface area contributed by atoms with Gasteiger partial charge in [0.25, 0.3) is 0 Å². The number of halogens is 4. The highest BCUT2D eigenvalue weighted by molar-refractivity contribution is 6.49. The summed E-state index contributed by atoms with van der Waals surface area (Å²) in [5.41, 5.74) is 0.777. The summed E-state index contributed by atoms with van der Waals surface area (Å²) in [6, 6.07) is 1.50. The summed E-state index contributed by atoms with van der Waals surface area (Å²) in [7, 11) is 0. The van der Waals surface area contributed by atoms with E-state index >= 15 is 0 Å². The Morgan fingerprint density at radius 1 is 1.13 bits per heavy atom. The summed E-state index contributed by atoms with van der Waals surface area (Å²) >= 11 is 23.6. The molecule has 15 heavy (non-hydrogen) atoms. The molecule has 2 nitrogen and oxygen atoms in total. The number of nitrogens with one attached hydrogen (secondary N) is 1. The summed E-state index contributed by atoms with van der Waals surface area (Å²) in [5.74, 6) is 0. The average molecular weight is 283 g/mol. The smallest absolute Gasteiger partial charge is 0.153 e. The van der Waals surface area contributed by atoms with Gasteiger partial charge < -0.3 is 4.98 Å². The van der Waals surface area contributed by atoms with Crippen LogP contribution in [0.4, 0.5) is 0 Å². The van der Waals surface area contributed by atoms with Crippen molar-refractivity contribution in [2.24, 2.45) is 0 Å². The van der Waals surface area contributed by atoms with Crippen molar-refractivity contribution in [3.05, 3.63) is 31.9 Å². The minimum absolute atomic E-state index is 0.200. The van der Waals surface area contributed by atoms with Gasteiger partial charge >= 0.3 is 0 Å². The minimum atomic E-state index is 0.200. The third-order valence-corrected chi connectivity index (χ3v) is 3.41. The molecule has 0 aliphatic heterocycles. The lowest BCUT2D eigenvalue weighted by atomic mass is 10.2. The van der Waals surface area contributed by atoms with Crippen LogP contribution in [0.15, 0.2) is 6.07 Å². The van der Waals surface area contributed by atoms with E-state index in [-0.39, 0.29) is 20.8 Å². The zero-order chi connectivity index (χ0) is 11.2. The molecule has 0 fully saturated rings. The number of hydrogen-bond acceptors (Lipinski definition) is 1. The molecule has 6 heteroatoms. The molecule has 0 aliphatic rings. The van der Waals surface area contributed by atoms with E-state index in [0.717, 1.165) is 0 Å². The highest BCUT2D eigenvalue weighted by Gasteiger charge is 2.17. The third-order valence-electron chi connectivity index (χ3n) is 2.03. The van der Waals surface area contributed by atoms with Crippen LogP contribution < -0.4 is 0 Å². The van der Waals surface area contributed by atoms with Gasteiger partial charge in [0.2, 0.25) is 0 Å². The molecule has 0 saturated carbocycles. The standard InChI is InChI=1S/C9H3Cl4NO/c10-4-1-5(11)8-6(7(4)12)3(2-15)9(13)14-8/h1-2,14H. The van der Waals surface area contributed by atoms with Gasteiger partial charge in [-0.25, -0.2) is 0 Å². The number of aromatic amines is 1. The van der Waals surface area contributed by atoms with E-state index in [2.05, 4.69) is 4.98 Å². The summed E-state index contributed by atoms with van der Waals surface area (Å²) < 4.78 is 0. The van der Waals surface area contributed by atoms with Crippen molar-refractivity contribution < 1.29 is 4.79 Å². The van der Waals surface area contributed by atoms with Crippen LogP contribution in [0, 0.1) is 0 Å². The predicted octanol–water partition coefficient (Wildman–Crippen LogP) is 4.59. The molecular weight excluding hydrogens is 280 g/mol. The van der Waals surface area contributed by atoms with E-state index in [1.807, 2.05) is 0 Å². The second-order valence-corrected chi connectivity index (χ2v) is 4.45. The first kappa shape index (κ1) is 11.1. The van der Waals surface area contributed by atoms with E-state index in [1.165, 1.54) is 6.07 Å². The monoisotopic (exact) mass is 281 g/mol. The van der Waals surface area contributed by atoms with Crippen LogP contribution in [0.3, 0.4) is 0 Å². The fourth-order valence-electron chi connectivity index (χ4n) is 1.37. The van der Waals surface area contributed by atoms with Gasteiger partial charge in [0.15, 0.2) is 6.29 Å². The molecule has 0 radical (unpaired) electrons. The van der Waals surface area contributed by atoms with Crippen molar-refractivity contribution in [3.8, 4) is 0 Å². The van der Waals surface area contributed by atoms with E-state index in [9.17, 15) is 4.79 Å². The van der Waals surface area contributed by atoms with Crippen molar-refractivity contribution in [2.75, 3.05) is 0 Å². The molecule has 0 spiro atoms. The van der Waals surface area contributed by atoms with Gasteiger partial charge in [-0.15, -0.1) is 0 Å². The van der Waals surface area contributed by atoms with Crippen LogP contribution in [-0.4, -0.2) is 11.3 Å². The Bertz CT molecular complexity index is 561. The molecule has 1 heterocycles. The molecule has 1 aromatic carbocycles. The van der Waals surface area contributed by atoms with E-state index in [4.69, 9.17) is 46.4 Å². The normalized spacial score (nSPS) is 10.9. The zero-order valence-corrected chi connectivity index (χ0v) is 10.1. The van der Waals surface area contributed by atoms with Crippen molar-refractivity contribution in [2.45, 2.75) is 0 Å². The summed E-state index contributed by atoms with van der Waals surface area (Å²) in [6.45, 7) is 0. The maximum atomic E-state index is 10.8. The third kappa shape index (κ3) is 1.62. The lowest BCUT2D eigenvalue weighted by Gasteiger charge is -2.00. The number of H-pyrrole nitrogens is 1.